The number of carbonyl (C=O) groups excluding carboxylic acids is 3. The zero-order valence-electron chi connectivity index (χ0n) is 28.2. The molecule has 7 nitrogen and oxygen atoms in total. The van der Waals surface area contributed by atoms with Crippen LogP contribution in [0.3, 0.4) is 0 Å². The highest BCUT2D eigenvalue weighted by Crippen LogP contribution is 2.31. The van der Waals surface area contributed by atoms with E-state index in [1.165, 1.54) is 11.1 Å². The van der Waals surface area contributed by atoms with E-state index in [9.17, 15) is 14.4 Å². The van der Waals surface area contributed by atoms with E-state index in [0.717, 1.165) is 57.8 Å². The summed E-state index contributed by atoms with van der Waals surface area (Å²) >= 11 is 6.01. The lowest BCUT2D eigenvalue weighted by Gasteiger charge is -2.19. The second kappa shape index (κ2) is 17.0. The number of amides is 3. The van der Waals surface area contributed by atoms with Crippen molar-refractivity contribution in [3.8, 4) is 5.75 Å². The summed E-state index contributed by atoms with van der Waals surface area (Å²) in [5, 5.41) is 0.674. The average Bonchev–Trinajstić information content (AvgIpc) is 3.59. The van der Waals surface area contributed by atoms with Crippen molar-refractivity contribution in [2.75, 3.05) is 7.11 Å². The van der Waals surface area contributed by atoms with Crippen molar-refractivity contribution in [2.24, 2.45) is 0 Å². The Bertz CT molecular complexity index is 1630. The molecule has 6 rings (SSSR count). The molecule has 3 aliphatic heterocycles. The first kappa shape index (κ1) is 42.2. The van der Waals surface area contributed by atoms with Crippen LogP contribution in [0.4, 0.5) is 0 Å². The smallest absolute Gasteiger partial charge is 0.254 e. The molecule has 3 heterocycles. The van der Waals surface area contributed by atoms with Gasteiger partial charge in [-0.1, -0.05) is 57.6 Å². The molecule has 0 atom stereocenters. The predicted molar refractivity (Wildman–Crippen MR) is 200 cm³/mol. The SMILES string of the molecule is C.C.C.COc1cc2c(cc1C)CN(C(C)C)C2=O.Cc1cc2c(cc1Cl)C(=O)N(C(C)C)C2.Cc1ccc2c(c1)CN(C(C)C)C2=O. The molecule has 264 valence electrons. The third-order valence-electron chi connectivity index (χ3n) is 8.63. The molecular weight excluding hydrogens is 622 g/mol. The molecule has 0 aliphatic carbocycles. The van der Waals surface area contributed by atoms with Crippen LogP contribution in [-0.4, -0.2) is 57.7 Å². The molecule has 48 heavy (non-hydrogen) atoms. The zero-order chi connectivity index (χ0) is 33.3. The first-order chi connectivity index (χ1) is 21.1. The number of aryl methyl sites for hydroxylation is 3. The normalized spacial score (nSPS) is 14.0. The van der Waals surface area contributed by atoms with Crippen LogP contribution in [0, 0.1) is 20.8 Å². The van der Waals surface area contributed by atoms with Crippen LogP contribution in [0.2, 0.25) is 5.02 Å². The maximum Gasteiger partial charge on any atom is 0.254 e. The summed E-state index contributed by atoms with van der Waals surface area (Å²) in [7, 11) is 1.63. The number of halogens is 1. The van der Waals surface area contributed by atoms with Crippen LogP contribution in [0.5, 0.6) is 5.75 Å². The third kappa shape index (κ3) is 8.59. The van der Waals surface area contributed by atoms with Crippen molar-refractivity contribution in [3.63, 3.8) is 0 Å². The monoisotopic (exact) mass is 679 g/mol. The minimum atomic E-state index is 0. The molecule has 0 spiro atoms. The number of rotatable bonds is 4. The van der Waals surface area contributed by atoms with Gasteiger partial charge in [0.25, 0.3) is 17.7 Å². The van der Waals surface area contributed by atoms with Crippen molar-refractivity contribution in [3.05, 3.63) is 97.6 Å². The second-order valence-corrected chi connectivity index (χ2v) is 13.4. The van der Waals surface area contributed by atoms with Gasteiger partial charge in [-0.3, -0.25) is 14.4 Å². The van der Waals surface area contributed by atoms with Gasteiger partial charge < -0.3 is 19.4 Å². The standard InChI is InChI=1S/C13H17NO2.C12H14ClNO.C12H15NO.3CH4/c1-8(2)14-7-10-5-9(3)12(16-4)6-11(10)13(14)15;1-7(2)14-6-9-4-8(3)11(13)5-10(9)12(14)15;1-8(2)13-7-10-6-9(3)4-5-11(10)12(13)14;;;/h5-6,8H,7H2,1-4H3;4-5,7H,6H2,1-3H3;4-6,8H,7H2,1-3H3;3*1H4. The first-order valence-electron chi connectivity index (χ1n) is 15.6. The van der Waals surface area contributed by atoms with Crippen molar-refractivity contribution in [2.45, 2.75) is 122 Å². The van der Waals surface area contributed by atoms with Gasteiger partial charge in [0, 0.05) is 59.5 Å². The van der Waals surface area contributed by atoms with Crippen LogP contribution >= 0.6 is 11.6 Å². The summed E-state index contributed by atoms with van der Waals surface area (Å²) in [6.07, 6.45) is 0. The Hall–Kier alpha value is -3.84. The fourth-order valence-electron chi connectivity index (χ4n) is 5.91. The van der Waals surface area contributed by atoms with E-state index in [1.807, 2.05) is 80.5 Å². The van der Waals surface area contributed by atoms with Gasteiger partial charge in [-0.25, -0.2) is 0 Å². The molecule has 0 aromatic heterocycles. The number of benzene rings is 3. The van der Waals surface area contributed by atoms with Crippen LogP contribution < -0.4 is 4.74 Å². The lowest BCUT2D eigenvalue weighted by atomic mass is 10.1. The molecule has 0 unspecified atom stereocenters. The molecule has 8 heteroatoms. The predicted octanol–water partition coefficient (Wildman–Crippen LogP) is 9.65. The highest BCUT2D eigenvalue weighted by atomic mass is 35.5. The Morgan fingerprint density at radius 2 is 0.979 bits per heavy atom. The van der Waals surface area contributed by atoms with Gasteiger partial charge in [-0.2, -0.15) is 0 Å². The van der Waals surface area contributed by atoms with Gasteiger partial charge in [0.05, 0.1) is 7.11 Å². The number of ether oxygens (including phenoxy) is 1. The number of hydrogen-bond donors (Lipinski definition) is 0. The fraction of sp³-hybridized carbons (Fsp3) is 0.475. The van der Waals surface area contributed by atoms with Crippen LogP contribution in [-0.2, 0) is 19.6 Å². The molecule has 0 fully saturated rings. The Balaban J connectivity index is 0.000000350. The Morgan fingerprint density at radius 1 is 0.583 bits per heavy atom. The lowest BCUT2D eigenvalue weighted by Crippen LogP contribution is -2.30. The molecule has 3 aromatic carbocycles. The number of nitrogens with zero attached hydrogens (tertiary/aromatic N) is 3. The van der Waals surface area contributed by atoms with E-state index in [0.29, 0.717) is 11.6 Å². The lowest BCUT2D eigenvalue weighted by molar-refractivity contribution is 0.0722. The van der Waals surface area contributed by atoms with E-state index in [2.05, 4.69) is 32.9 Å². The number of carbonyl (C=O) groups is 3. The Kier molecular flexibility index (Phi) is 14.9. The third-order valence-corrected chi connectivity index (χ3v) is 9.04. The molecular formula is C40H58ClN3O4. The molecule has 3 aliphatic rings. The highest BCUT2D eigenvalue weighted by molar-refractivity contribution is 6.31. The maximum atomic E-state index is 12.1. The van der Waals surface area contributed by atoms with Gasteiger partial charge in [0.1, 0.15) is 5.75 Å². The average molecular weight is 680 g/mol. The molecule has 0 bridgehead atoms. The van der Waals surface area contributed by atoms with Crippen molar-refractivity contribution in [1.82, 2.24) is 14.7 Å². The maximum absolute atomic E-state index is 12.1. The van der Waals surface area contributed by atoms with E-state index in [4.69, 9.17) is 16.3 Å². The largest absolute Gasteiger partial charge is 0.496 e. The van der Waals surface area contributed by atoms with Crippen molar-refractivity contribution < 1.29 is 19.1 Å². The van der Waals surface area contributed by atoms with Gasteiger partial charge in [-0.15, -0.1) is 0 Å². The van der Waals surface area contributed by atoms with Crippen LogP contribution in [0.15, 0.2) is 42.5 Å². The summed E-state index contributed by atoms with van der Waals surface area (Å²) < 4.78 is 5.24. The van der Waals surface area contributed by atoms with E-state index in [1.54, 1.807) is 13.2 Å². The summed E-state index contributed by atoms with van der Waals surface area (Å²) in [5.74, 6) is 1.18. The van der Waals surface area contributed by atoms with Crippen molar-refractivity contribution in [1.29, 1.82) is 0 Å². The summed E-state index contributed by atoms with van der Waals surface area (Å²) in [6.45, 7) is 20.5. The number of fused-ring (bicyclic) bond motifs is 3. The van der Waals surface area contributed by atoms with Gasteiger partial charge in [0.15, 0.2) is 0 Å². The Morgan fingerprint density at radius 3 is 1.42 bits per heavy atom. The highest BCUT2D eigenvalue weighted by Gasteiger charge is 2.31. The molecule has 0 radical (unpaired) electrons. The number of hydrogen-bond acceptors (Lipinski definition) is 4. The quantitative estimate of drug-likeness (QED) is 0.275. The first-order valence-corrected chi connectivity index (χ1v) is 16.0. The fourth-order valence-corrected chi connectivity index (χ4v) is 6.08. The molecule has 3 amide bonds. The van der Waals surface area contributed by atoms with Gasteiger partial charge >= 0.3 is 0 Å². The second-order valence-electron chi connectivity index (χ2n) is 13.0. The molecule has 0 N–H and O–H groups in total. The minimum absolute atomic E-state index is 0. The van der Waals surface area contributed by atoms with Gasteiger partial charge in [0.2, 0.25) is 0 Å². The van der Waals surface area contributed by atoms with E-state index >= 15 is 0 Å². The summed E-state index contributed by atoms with van der Waals surface area (Å²) in [5.41, 5.74) is 9.15. The topological polar surface area (TPSA) is 70.2 Å². The number of methoxy groups -OCH3 is 1. The van der Waals surface area contributed by atoms with Crippen LogP contribution in [0.1, 0.15) is 128 Å². The summed E-state index contributed by atoms with van der Waals surface area (Å²) in [4.78, 5) is 41.6. The van der Waals surface area contributed by atoms with Crippen LogP contribution in [0.25, 0.3) is 0 Å². The van der Waals surface area contributed by atoms with E-state index in [-0.39, 0.29) is 58.1 Å². The van der Waals surface area contributed by atoms with Gasteiger partial charge in [-0.05, 0) is 114 Å². The Labute approximate surface area is 295 Å². The summed E-state index contributed by atoms with van der Waals surface area (Å²) in [6, 6.07) is 14.5. The molecule has 0 saturated carbocycles. The van der Waals surface area contributed by atoms with E-state index < -0.39 is 0 Å². The molecule has 3 aromatic rings. The molecule has 0 saturated heterocycles. The minimum Gasteiger partial charge on any atom is -0.496 e. The van der Waals surface area contributed by atoms with Crippen molar-refractivity contribution >= 4 is 29.3 Å². The zero-order valence-corrected chi connectivity index (χ0v) is 29.0.